The van der Waals surface area contributed by atoms with Gasteiger partial charge in [-0.1, -0.05) is 44.2 Å². The molecule has 1 aliphatic carbocycles. The number of amides is 2. The number of rotatable bonds is 10. The van der Waals surface area contributed by atoms with Gasteiger partial charge in [-0.3, -0.25) is 14.2 Å². The lowest BCUT2D eigenvalue weighted by atomic mass is 9.97. The summed E-state index contributed by atoms with van der Waals surface area (Å²) >= 11 is 1.41. The van der Waals surface area contributed by atoms with Gasteiger partial charge in [-0.25, -0.2) is 5.41 Å². The molecule has 2 amide bonds. The lowest BCUT2D eigenvalue weighted by molar-refractivity contribution is -0.166. The summed E-state index contributed by atoms with van der Waals surface area (Å²) < 4.78 is 7.04. The number of fused-ring (bicyclic) bond motifs is 3. The summed E-state index contributed by atoms with van der Waals surface area (Å²) in [6.45, 7) is 4.18. The van der Waals surface area contributed by atoms with Crippen molar-refractivity contribution in [2.75, 3.05) is 17.7 Å². The molecule has 216 valence electrons. The first kappa shape index (κ1) is 28.4. The molecule has 1 aromatic heterocycles. The lowest BCUT2D eigenvalue weighted by Gasteiger charge is -2.23. The standard InChI is InChI=1S/C30H34N4O6S/c1-3-19-10-12-27(36)34(19)40-30(31)39-17-24-21-8-6-5-7-20(21)22-11-9-18(15-23(22)24)32-26(35)13-14-33-28(37)16-25(29(33)38)41-4-2/h5-9,11,15-16,19,24,31,37-38H,3-4,10,12-14,17H2,1-2H3,(H,32,35). The fourth-order valence-electron chi connectivity index (χ4n) is 5.48. The van der Waals surface area contributed by atoms with E-state index in [1.807, 2.05) is 56.3 Å². The molecule has 5 rings (SSSR count). The molecule has 1 saturated heterocycles. The van der Waals surface area contributed by atoms with Crippen LogP contribution >= 0.6 is 11.8 Å². The number of thioether (sulfide) groups is 1. The number of carbonyl (C=O) groups excluding carboxylic acids is 2. The highest BCUT2D eigenvalue weighted by Gasteiger charge is 2.34. The van der Waals surface area contributed by atoms with E-state index < -0.39 is 6.08 Å². The molecule has 0 bridgehead atoms. The molecular formula is C30H34N4O6S. The summed E-state index contributed by atoms with van der Waals surface area (Å²) in [5, 5.41) is 32.9. The Bertz CT molecular complexity index is 1470. The second kappa shape index (κ2) is 12.2. The number of hydrogen-bond acceptors (Lipinski definition) is 8. The zero-order chi connectivity index (χ0) is 29.1. The van der Waals surface area contributed by atoms with Crippen LogP contribution in [0.25, 0.3) is 11.1 Å². The average Bonchev–Trinajstić information content (AvgIpc) is 3.56. The molecule has 11 heteroatoms. The van der Waals surface area contributed by atoms with Crippen molar-refractivity contribution in [3.63, 3.8) is 0 Å². The predicted molar refractivity (Wildman–Crippen MR) is 156 cm³/mol. The lowest BCUT2D eigenvalue weighted by Crippen LogP contribution is -2.35. The minimum atomic E-state index is -0.425. The van der Waals surface area contributed by atoms with Gasteiger partial charge >= 0.3 is 6.08 Å². The molecule has 1 fully saturated rings. The van der Waals surface area contributed by atoms with Crippen LogP contribution in [0, 0.1) is 5.41 Å². The van der Waals surface area contributed by atoms with Gasteiger partial charge in [0.2, 0.25) is 11.8 Å². The highest BCUT2D eigenvalue weighted by Crippen LogP contribution is 2.46. The van der Waals surface area contributed by atoms with Crippen molar-refractivity contribution in [2.24, 2.45) is 0 Å². The number of aromatic hydroxyl groups is 2. The maximum Gasteiger partial charge on any atom is 0.406 e. The van der Waals surface area contributed by atoms with E-state index in [4.69, 9.17) is 15.0 Å². The normalized spacial score (nSPS) is 17.3. The number of carbonyl (C=O) groups is 2. The van der Waals surface area contributed by atoms with Gasteiger partial charge in [0.1, 0.15) is 6.61 Å². The molecule has 41 heavy (non-hydrogen) atoms. The molecule has 1 aliphatic heterocycles. The van der Waals surface area contributed by atoms with Gasteiger partial charge in [0.15, 0.2) is 5.88 Å². The van der Waals surface area contributed by atoms with Crippen LogP contribution in [0.3, 0.4) is 0 Å². The number of aromatic nitrogens is 1. The first-order valence-corrected chi connectivity index (χ1v) is 14.8. The summed E-state index contributed by atoms with van der Waals surface area (Å²) in [5.74, 6) is -0.00272. The smallest absolute Gasteiger partial charge is 0.406 e. The van der Waals surface area contributed by atoms with Crippen LogP contribution < -0.4 is 5.32 Å². The van der Waals surface area contributed by atoms with Gasteiger partial charge < -0.3 is 25.1 Å². The number of hydrogen-bond donors (Lipinski definition) is 4. The van der Waals surface area contributed by atoms with Gasteiger partial charge in [0.25, 0.3) is 5.91 Å². The molecule has 2 heterocycles. The second-order valence-electron chi connectivity index (χ2n) is 10.0. The number of benzene rings is 2. The van der Waals surface area contributed by atoms with E-state index >= 15 is 0 Å². The highest BCUT2D eigenvalue weighted by molar-refractivity contribution is 7.99. The van der Waals surface area contributed by atoms with E-state index in [0.29, 0.717) is 23.4 Å². The summed E-state index contributed by atoms with van der Waals surface area (Å²) in [4.78, 5) is 31.0. The molecule has 3 aromatic rings. The molecule has 0 radical (unpaired) electrons. The Labute approximate surface area is 242 Å². The van der Waals surface area contributed by atoms with Crippen LogP contribution in [0.1, 0.15) is 56.6 Å². The molecule has 4 N–H and O–H groups in total. The van der Waals surface area contributed by atoms with E-state index in [2.05, 4.69) is 5.32 Å². The van der Waals surface area contributed by atoms with Crippen molar-refractivity contribution in [1.82, 2.24) is 9.63 Å². The van der Waals surface area contributed by atoms with E-state index in [9.17, 15) is 19.8 Å². The Kier molecular flexibility index (Phi) is 8.44. The quantitative estimate of drug-likeness (QED) is 0.143. The van der Waals surface area contributed by atoms with Crippen LogP contribution in [0.5, 0.6) is 11.8 Å². The zero-order valence-electron chi connectivity index (χ0n) is 23.1. The summed E-state index contributed by atoms with van der Waals surface area (Å²) in [5.41, 5.74) is 4.67. The Morgan fingerprint density at radius 1 is 1.12 bits per heavy atom. The van der Waals surface area contributed by atoms with Gasteiger partial charge in [0.05, 0.1) is 10.9 Å². The zero-order valence-corrected chi connectivity index (χ0v) is 23.9. The van der Waals surface area contributed by atoms with Crippen molar-refractivity contribution >= 4 is 35.3 Å². The van der Waals surface area contributed by atoms with E-state index in [0.717, 1.165) is 34.4 Å². The van der Waals surface area contributed by atoms with Crippen molar-refractivity contribution in [1.29, 1.82) is 5.41 Å². The first-order chi connectivity index (χ1) is 19.8. The van der Waals surface area contributed by atoms with E-state index in [1.54, 1.807) is 0 Å². The highest BCUT2D eigenvalue weighted by atomic mass is 32.2. The molecule has 2 aromatic carbocycles. The summed E-state index contributed by atoms with van der Waals surface area (Å²) in [6.07, 6.45) is 1.47. The number of hydroxylamine groups is 2. The minimum absolute atomic E-state index is 0.0471. The molecule has 0 spiro atoms. The fraction of sp³-hybridized carbons (Fsp3) is 0.367. The van der Waals surface area contributed by atoms with Gasteiger partial charge in [-0.05, 0) is 53.0 Å². The van der Waals surface area contributed by atoms with Crippen LogP contribution in [-0.2, 0) is 25.7 Å². The SMILES string of the molecule is CCSc1cc(O)n(CCC(=O)Nc2ccc3c(c2)C(COC(=N)ON2C(=O)CCC2CC)c2ccccc2-3)c1O. The third-order valence-corrected chi connectivity index (χ3v) is 8.41. The molecule has 2 unspecified atom stereocenters. The summed E-state index contributed by atoms with van der Waals surface area (Å²) in [6, 6.07) is 15.1. The van der Waals surface area contributed by atoms with Crippen molar-refractivity contribution < 1.29 is 29.4 Å². The minimum Gasteiger partial charge on any atom is -0.494 e. The number of ether oxygens (including phenoxy) is 1. The second-order valence-corrected chi connectivity index (χ2v) is 11.3. The third kappa shape index (κ3) is 5.85. The molecule has 2 atom stereocenters. The Hall–Kier alpha value is -4.12. The van der Waals surface area contributed by atoms with Gasteiger partial charge in [-0.15, -0.1) is 11.8 Å². The van der Waals surface area contributed by atoms with Gasteiger partial charge in [-0.2, -0.15) is 5.06 Å². The molecule has 2 aliphatic rings. The number of nitrogens with zero attached hydrogens (tertiary/aromatic N) is 2. The average molecular weight is 579 g/mol. The maximum atomic E-state index is 12.8. The monoisotopic (exact) mass is 578 g/mol. The topological polar surface area (TPSA) is 137 Å². The number of nitrogens with one attached hydrogen (secondary N) is 2. The maximum absolute atomic E-state index is 12.8. The third-order valence-electron chi connectivity index (χ3n) is 7.51. The Morgan fingerprint density at radius 3 is 2.68 bits per heavy atom. The number of anilines is 1. The van der Waals surface area contributed by atoms with Crippen LogP contribution in [0.15, 0.2) is 53.4 Å². The van der Waals surface area contributed by atoms with Crippen molar-refractivity contribution in [3.05, 3.63) is 59.7 Å². The van der Waals surface area contributed by atoms with E-state index in [-0.39, 0.29) is 55.1 Å². The van der Waals surface area contributed by atoms with E-state index in [1.165, 1.54) is 27.5 Å². The predicted octanol–water partition coefficient (Wildman–Crippen LogP) is 5.44. The largest absolute Gasteiger partial charge is 0.494 e. The van der Waals surface area contributed by atoms with Crippen molar-refractivity contribution in [2.45, 2.75) is 62.9 Å². The van der Waals surface area contributed by atoms with Crippen molar-refractivity contribution in [3.8, 4) is 22.9 Å². The fourth-order valence-corrected chi connectivity index (χ4v) is 6.22. The first-order valence-electron chi connectivity index (χ1n) is 13.8. The molecular weight excluding hydrogens is 544 g/mol. The summed E-state index contributed by atoms with van der Waals surface area (Å²) in [7, 11) is 0. The molecule has 10 nitrogen and oxygen atoms in total. The van der Waals surface area contributed by atoms with Gasteiger partial charge in [0, 0.05) is 37.1 Å². The Morgan fingerprint density at radius 2 is 1.90 bits per heavy atom. The van der Waals surface area contributed by atoms with Crippen LogP contribution in [0.2, 0.25) is 0 Å². The Balaban J connectivity index is 1.26. The van der Waals surface area contributed by atoms with Crippen LogP contribution in [-0.4, -0.2) is 56.1 Å². The van der Waals surface area contributed by atoms with Crippen LogP contribution in [0.4, 0.5) is 5.69 Å². The molecule has 0 saturated carbocycles.